The molecule has 0 atom stereocenters. The van der Waals surface area contributed by atoms with Crippen molar-refractivity contribution in [3.63, 3.8) is 0 Å². The highest BCUT2D eigenvalue weighted by Gasteiger charge is 2.03. The summed E-state index contributed by atoms with van der Waals surface area (Å²) >= 11 is 1.68. The van der Waals surface area contributed by atoms with Crippen molar-refractivity contribution in [3.8, 4) is 11.5 Å². The first-order valence-electron chi connectivity index (χ1n) is 6.04. The molecule has 0 fully saturated rings. The van der Waals surface area contributed by atoms with Crippen molar-refractivity contribution in [2.75, 3.05) is 14.2 Å². The minimum Gasteiger partial charge on any atom is -0.497 e. The number of nitrogens with one attached hydrogen (secondary N) is 1. The van der Waals surface area contributed by atoms with E-state index in [1.165, 1.54) is 4.88 Å². The predicted octanol–water partition coefficient (Wildman–Crippen LogP) is 2.76. The minimum atomic E-state index is 0.769. The Hall–Kier alpha value is -1.59. The zero-order valence-electron chi connectivity index (χ0n) is 11.4. The maximum Gasteiger partial charge on any atom is 0.122 e. The smallest absolute Gasteiger partial charge is 0.122 e. The van der Waals surface area contributed by atoms with Crippen LogP contribution in [-0.2, 0) is 13.1 Å². The number of nitrogens with zero attached hydrogens (tertiary/aromatic N) is 1. The number of ether oxygens (including phenoxy) is 2. The van der Waals surface area contributed by atoms with Gasteiger partial charge >= 0.3 is 0 Å². The van der Waals surface area contributed by atoms with E-state index in [-0.39, 0.29) is 0 Å². The summed E-state index contributed by atoms with van der Waals surface area (Å²) in [6, 6.07) is 5.89. The third-order valence-electron chi connectivity index (χ3n) is 2.87. The Morgan fingerprint density at radius 1 is 1.11 bits per heavy atom. The van der Waals surface area contributed by atoms with E-state index in [2.05, 4.69) is 10.3 Å². The van der Waals surface area contributed by atoms with Crippen molar-refractivity contribution in [2.45, 2.75) is 20.0 Å². The molecule has 4 nitrogen and oxygen atoms in total. The number of benzene rings is 1. The number of rotatable bonds is 6. The summed E-state index contributed by atoms with van der Waals surface area (Å²) in [6.07, 6.45) is 0. The third kappa shape index (κ3) is 3.68. The summed E-state index contributed by atoms with van der Waals surface area (Å²) in [7, 11) is 3.32. The molecule has 0 unspecified atom stereocenters. The average Bonchev–Trinajstić information content (AvgIpc) is 2.84. The molecule has 0 saturated carbocycles. The van der Waals surface area contributed by atoms with Crippen LogP contribution in [0.4, 0.5) is 0 Å². The molecule has 2 aromatic rings. The van der Waals surface area contributed by atoms with Gasteiger partial charge in [0.25, 0.3) is 0 Å². The van der Waals surface area contributed by atoms with E-state index < -0.39 is 0 Å². The van der Waals surface area contributed by atoms with Gasteiger partial charge in [-0.1, -0.05) is 0 Å². The van der Waals surface area contributed by atoms with E-state index in [4.69, 9.17) is 9.47 Å². The normalized spacial score (nSPS) is 10.5. The lowest BCUT2D eigenvalue weighted by molar-refractivity contribution is 0.393. The van der Waals surface area contributed by atoms with Crippen LogP contribution in [0, 0.1) is 6.92 Å². The summed E-state index contributed by atoms with van der Waals surface area (Å²) in [5.41, 5.74) is 4.11. The number of thiazole rings is 1. The summed E-state index contributed by atoms with van der Waals surface area (Å²) < 4.78 is 10.5. The second kappa shape index (κ2) is 6.54. The standard InChI is InChI=1S/C14H18N2O2S/c1-10-14(19-9-16-10)8-15-7-11-4-12(17-2)6-13(5-11)18-3/h4-6,9,15H,7-8H2,1-3H3. The lowest BCUT2D eigenvalue weighted by atomic mass is 10.2. The van der Waals surface area contributed by atoms with Crippen molar-refractivity contribution >= 4 is 11.3 Å². The van der Waals surface area contributed by atoms with Crippen LogP contribution >= 0.6 is 11.3 Å². The first kappa shape index (κ1) is 13.8. The molecule has 0 amide bonds. The average molecular weight is 278 g/mol. The maximum absolute atomic E-state index is 5.25. The quantitative estimate of drug-likeness (QED) is 0.882. The third-order valence-corrected chi connectivity index (χ3v) is 3.81. The Morgan fingerprint density at radius 2 is 1.79 bits per heavy atom. The van der Waals surface area contributed by atoms with Crippen LogP contribution < -0.4 is 14.8 Å². The second-order valence-electron chi connectivity index (χ2n) is 4.19. The van der Waals surface area contributed by atoms with Crippen LogP contribution in [0.1, 0.15) is 16.1 Å². The number of aromatic nitrogens is 1. The van der Waals surface area contributed by atoms with Crippen molar-refractivity contribution in [1.82, 2.24) is 10.3 Å². The number of hydrogen-bond donors (Lipinski definition) is 1. The van der Waals surface area contributed by atoms with Crippen LogP contribution in [0.15, 0.2) is 23.7 Å². The first-order valence-corrected chi connectivity index (χ1v) is 6.92. The van der Waals surface area contributed by atoms with Crippen molar-refractivity contribution < 1.29 is 9.47 Å². The number of aryl methyl sites for hydroxylation is 1. The molecule has 102 valence electrons. The minimum absolute atomic E-state index is 0.769. The molecule has 1 aromatic heterocycles. The van der Waals surface area contributed by atoms with Gasteiger partial charge in [-0.3, -0.25) is 0 Å². The van der Waals surface area contributed by atoms with Gasteiger partial charge in [0.05, 0.1) is 25.4 Å². The Morgan fingerprint density at radius 3 is 2.32 bits per heavy atom. The number of hydrogen-bond acceptors (Lipinski definition) is 5. The lowest BCUT2D eigenvalue weighted by Gasteiger charge is -2.09. The van der Waals surface area contributed by atoms with Gasteiger partial charge < -0.3 is 14.8 Å². The van der Waals surface area contributed by atoms with Gasteiger partial charge in [-0.15, -0.1) is 11.3 Å². The molecule has 0 bridgehead atoms. The molecule has 5 heteroatoms. The summed E-state index contributed by atoms with van der Waals surface area (Å²) in [5, 5.41) is 3.41. The molecule has 0 aliphatic rings. The molecular weight excluding hydrogens is 260 g/mol. The molecule has 0 saturated heterocycles. The fraction of sp³-hybridized carbons (Fsp3) is 0.357. The van der Waals surface area contributed by atoms with Gasteiger partial charge in [0.2, 0.25) is 0 Å². The molecule has 0 aliphatic carbocycles. The van der Waals surface area contributed by atoms with Crippen molar-refractivity contribution in [2.24, 2.45) is 0 Å². The SMILES string of the molecule is COc1cc(CNCc2scnc2C)cc(OC)c1. The van der Waals surface area contributed by atoms with Gasteiger partial charge in [0.1, 0.15) is 11.5 Å². The fourth-order valence-electron chi connectivity index (χ4n) is 1.78. The highest BCUT2D eigenvalue weighted by molar-refractivity contribution is 7.09. The Balaban J connectivity index is 1.97. The van der Waals surface area contributed by atoms with Gasteiger partial charge in [-0.25, -0.2) is 4.98 Å². The monoisotopic (exact) mass is 278 g/mol. The van der Waals surface area contributed by atoms with Crippen LogP contribution in [-0.4, -0.2) is 19.2 Å². The zero-order chi connectivity index (χ0) is 13.7. The Kier molecular flexibility index (Phi) is 4.76. The maximum atomic E-state index is 5.25. The predicted molar refractivity (Wildman–Crippen MR) is 76.9 cm³/mol. The van der Waals surface area contributed by atoms with Gasteiger partial charge in [0.15, 0.2) is 0 Å². The van der Waals surface area contributed by atoms with E-state index >= 15 is 0 Å². The summed E-state index contributed by atoms with van der Waals surface area (Å²) in [4.78, 5) is 5.51. The van der Waals surface area contributed by atoms with Crippen LogP contribution in [0.3, 0.4) is 0 Å². The van der Waals surface area contributed by atoms with E-state index in [1.807, 2.05) is 30.6 Å². The van der Waals surface area contributed by atoms with Crippen LogP contribution in [0.25, 0.3) is 0 Å². The highest BCUT2D eigenvalue weighted by Crippen LogP contribution is 2.22. The molecule has 0 aliphatic heterocycles. The lowest BCUT2D eigenvalue weighted by Crippen LogP contribution is -2.12. The van der Waals surface area contributed by atoms with Gasteiger partial charge in [0, 0.05) is 24.0 Å². The van der Waals surface area contributed by atoms with E-state index in [1.54, 1.807) is 25.6 Å². The van der Waals surface area contributed by atoms with E-state index in [9.17, 15) is 0 Å². The van der Waals surface area contributed by atoms with Crippen LogP contribution in [0.2, 0.25) is 0 Å². The summed E-state index contributed by atoms with van der Waals surface area (Å²) in [6.45, 7) is 3.63. The van der Waals surface area contributed by atoms with Crippen molar-refractivity contribution in [3.05, 3.63) is 39.8 Å². The topological polar surface area (TPSA) is 43.4 Å². The van der Waals surface area contributed by atoms with Crippen molar-refractivity contribution in [1.29, 1.82) is 0 Å². The summed E-state index contributed by atoms with van der Waals surface area (Å²) in [5.74, 6) is 1.62. The Labute approximate surface area is 117 Å². The largest absolute Gasteiger partial charge is 0.497 e. The molecule has 19 heavy (non-hydrogen) atoms. The highest BCUT2D eigenvalue weighted by atomic mass is 32.1. The molecule has 1 heterocycles. The molecule has 1 aromatic carbocycles. The zero-order valence-corrected chi connectivity index (χ0v) is 12.2. The van der Waals surface area contributed by atoms with E-state index in [0.717, 1.165) is 35.8 Å². The molecule has 0 spiro atoms. The molecule has 0 radical (unpaired) electrons. The second-order valence-corrected chi connectivity index (χ2v) is 5.12. The number of methoxy groups -OCH3 is 2. The molecular formula is C14H18N2O2S. The van der Waals surface area contributed by atoms with Gasteiger partial charge in [-0.05, 0) is 24.6 Å². The Bertz CT molecular complexity index is 518. The molecule has 1 N–H and O–H groups in total. The fourth-order valence-corrected chi connectivity index (χ4v) is 2.53. The first-order chi connectivity index (χ1) is 9.22. The van der Waals surface area contributed by atoms with Gasteiger partial charge in [-0.2, -0.15) is 0 Å². The van der Waals surface area contributed by atoms with Crippen LogP contribution in [0.5, 0.6) is 11.5 Å². The molecule has 2 rings (SSSR count). The van der Waals surface area contributed by atoms with E-state index in [0.29, 0.717) is 0 Å².